The van der Waals surface area contributed by atoms with Gasteiger partial charge in [-0.1, -0.05) is 11.6 Å². The van der Waals surface area contributed by atoms with E-state index in [1.807, 2.05) is 6.92 Å². The van der Waals surface area contributed by atoms with Crippen molar-refractivity contribution < 1.29 is 12.8 Å². The molecule has 2 unspecified atom stereocenters. The van der Waals surface area contributed by atoms with Crippen LogP contribution in [0.4, 0.5) is 4.39 Å². The van der Waals surface area contributed by atoms with Gasteiger partial charge < -0.3 is 5.32 Å². The minimum atomic E-state index is -3.86. The van der Waals surface area contributed by atoms with E-state index in [2.05, 4.69) is 5.32 Å². The quantitative estimate of drug-likeness (QED) is 0.907. The molecule has 0 spiro atoms. The van der Waals surface area contributed by atoms with E-state index in [1.165, 1.54) is 10.4 Å². The van der Waals surface area contributed by atoms with E-state index in [1.54, 1.807) is 6.92 Å². The summed E-state index contributed by atoms with van der Waals surface area (Å²) in [5.41, 5.74) is 0. The van der Waals surface area contributed by atoms with Gasteiger partial charge in [-0.3, -0.25) is 0 Å². The minimum absolute atomic E-state index is 0.0192. The van der Waals surface area contributed by atoms with Crippen molar-refractivity contribution in [1.29, 1.82) is 0 Å². The SMILES string of the molecule is CC1NCCN(S(=O)(=O)c2cc(Cl)ccc2F)C1C. The van der Waals surface area contributed by atoms with E-state index in [4.69, 9.17) is 11.6 Å². The predicted molar refractivity (Wildman–Crippen MR) is 72.2 cm³/mol. The van der Waals surface area contributed by atoms with Gasteiger partial charge in [0.2, 0.25) is 10.0 Å². The summed E-state index contributed by atoms with van der Waals surface area (Å²) >= 11 is 5.76. The average molecular weight is 307 g/mol. The summed E-state index contributed by atoms with van der Waals surface area (Å²) in [5.74, 6) is -0.775. The van der Waals surface area contributed by atoms with Gasteiger partial charge in [0.1, 0.15) is 10.7 Å². The molecule has 1 aromatic rings. The fourth-order valence-corrected chi connectivity index (χ4v) is 4.20. The van der Waals surface area contributed by atoms with E-state index in [9.17, 15) is 12.8 Å². The van der Waals surface area contributed by atoms with E-state index >= 15 is 0 Å². The summed E-state index contributed by atoms with van der Waals surface area (Å²) in [5, 5.41) is 3.39. The van der Waals surface area contributed by atoms with E-state index in [0.717, 1.165) is 12.1 Å². The lowest BCUT2D eigenvalue weighted by atomic mass is 10.1. The van der Waals surface area contributed by atoms with E-state index in [0.29, 0.717) is 13.1 Å². The van der Waals surface area contributed by atoms with Crippen LogP contribution in [-0.2, 0) is 10.0 Å². The van der Waals surface area contributed by atoms with Crippen molar-refractivity contribution in [2.45, 2.75) is 30.8 Å². The van der Waals surface area contributed by atoms with Crippen LogP contribution in [0.1, 0.15) is 13.8 Å². The molecule has 1 fully saturated rings. The van der Waals surface area contributed by atoms with Crippen molar-refractivity contribution in [1.82, 2.24) is 9.62 Å². The van der Waals surface area contributed by atoms with E-state index < -0.39 is 15.8 Å². The molecule has 19 heavy (non-hydrogen) atoms. The second-order valence-corrected chi connectivity index (χ2v) is 6.97. The molecule has 1 saturated heterocycles. The van der Waals surface area contributed by atoms with Gasteiger partial charge in [-0.25, -0.2) is 12.8 Å². The highest BCUT2D eigenvalue weighted by Gasteiger charge is 2.35. The number of nitrogens with one attached hydrogen (secondary N) is 1. The molecule has 1 aromatic carbocycles. The predicted octanol–water partition coefficient (Wildman–Crippen LogP) is 1.85. The zero-order valence-corrected chi connectivity index (χ0v) is 12.3. The molecule has 0 radical (unpaired) electrons. The second-order valence-electron chi connectivity index (χ2n) is 4.67. The van der Waals surface area contributed by atoms with Gasteiger partial charge in [-0.05, 0) is 32.0 Å². The Morgan fingerprint density at radius 3 is 2.79 bits per heavy atom. The molecular formula is C12H16ClFN2O2S. The van der Waals surface area contributed by atoms with Crippen LogP contribution in [0.3, 0.4) is 0 Å². The maximum Gasteiger partial charge on any atom is 0.246 e. The molecule has 106 valence electrons. The standard InChI is InChI=1S/C12H16ClFN2O2S/c1-8-9(2)16(6-5-15-8)19(17,18)12-7-10(13)3-4-11(12)14/h3-4,7-9,15H,5-6H2,1-2H3. The Balaban J connectivity index is 2.44. The third-order valence-electron chi connectivity index (χ3n) is 3.46. The zero-order valence-electron chi connectivity index (χ0n) is 10.7. The Hall–Kier alpha value is -0.690. The first-order chi connectivity index (χ1) is 8.84. The number of sulfonamides is 1. The Bertz CT molecular complexity index is 579. The lowest BCUT2D eigenvalue weighted by Gasteiger charge is -2.37. The van der Waals surface area contributed by atoms with Crippen molar-refractivity contribution >= 4 is 21.6 Å². The van der Waals surface area contributed by atoms with Crippen molar-refractivity contribution in [3.63, 3.8) is 0 Å². The normalized spacial score (nSPS) is 25.5. The highest BCUT2D eigenvalue weighted by Crippen LogP contribution is 2.26. The summed E-state index contributed by atoms with van der Waals surface area (Å²) in [7, 11) is -3.86. The molecule has 1 heterocycles. The highest BCUT2D eigenvalue weighted by molar-refractivity contribution is 7.89. The molecule has 1 aliphatic rings. The maximum absolute atomic E-state index is 13.8. The number of hydrogen-bond acceptors (Lipinski definition) is 3. The number of rotatable bonds is 2. The fraction of sp³-hybridized carbons (Fsp3) is 0.500. The molecule has 7 heteroatoms. The number of nitrogens with zero attached hydrogens (tertiary/aromatic N) is 1. The Morgan fingerprint density at radius 1 is 1.42 bits per heavy atom. The molecule has 2 atom stereocenters. The largest absolute Gasteiger partial charge is 0.311 e. The maximum atomic E-state index is 13.8. The zero-order chi connectivity index (χ0) is 14.2. The fourth-order valence-electron chi connectivity index (χ4n) is 2.17. The lowest BCUT2D eigenvalue weighted by molar-refractivity contribution is 0.232. The summed E-state index contributed by atoms with van der Waals surface area (Å²) in [6.45, 7) is 4.57. The van der Waals surface area contributed by atoms with Crippen LogP contribution in [0.2, 0.25) is 5.02 Å². The molecule has 1 N–H and O–H groups in total. The topological polar surface area (TPSA) is 49.4 Å². The van der Waals surface area contributed by atoms with Crippen LogP contribution >= 0.6 is 11.6 Å². The molecule has 2 rings (SSSR count). The van der Waals surface area contributed by atoms with Gasteiger partial charge in [-0.15, -0.1) is 0 Å². The van der Waals surface area contributed by atoms with E-state index in [-0.39, 0.29) is 22.0 Å². The van der Waals surface area contributed by atoms with Gasteiger partial charge in [0.05, 0.1) is 0 Å². The van der Waals surface area contributed by atoms with Crippen LogP contribution in [0.25, 0.3) is 0 Å². The van der Waals surface area contributed by atoms with Crippen LogP contribution in [0.5, 0.6) is 0 Å². The number of benzene rings is 1. The summed E-state index contributed by atoms with van der Waals surface area (Å²) in [6, 6.07) is 3.35. The molecule has 0 bridgehead atoms. The monoisotopic (exact) mass is 306 g/mol. The van der Waals surface area contributed by atoms with Gasteiger partial charge in [0, 0.05) is 30.2 Å². The summed E-state index contributed by atoms with van der Waals surface area (Å²) < 4.78 is 40.1. The van der Waals surface area contributed by atoms with Crippen molar-refractivity contribution in [2.24, 2.45) is 0 Å². The van der Waals surface area contributed by atoms with Crippen molar-refractivity contribution in [2.75, 3.05) is 13.1 Å². The van der Waals surface area contributed by atoms with Crippen molar-refractivity contribution in [3.8, 4) is 0 Å². The molecule has 0 amide bonds. The first-order valence-electron chi connectivity index (χ1n) is 6.04. The molecule has 1 aliphatic heterocycles. The molecule has 4 nitrogen and oxygen atoms in total. The Labute approximate surface area is 117 Å². The first kappa shape index (κ1) is 14.7. The average Bonchev–Trinajstić information content (AvgIpc) is 2.35. The van der Waals surface area contributed by atoms with Gasteiger partial charge >= 0.3 is 0 Å². The smallest absolute Gasteiger partial charge is 0.246 e. The summed E-state index contributed by atoms with van der Waals surface area (Å²) in [6.07, 6.45) is 0. The number of halogens is 2. The Kier molecular flexibility index (Phi) is 4.15. The van der Waals surface area contributed by atoms with Gasteiger partial charge in [0.25, 0.3) is 0 Å². The van der Waals surface area contributed by atoms with Crippen LogP contribution < -0.4 is 5.32 Å². The highest BCUT2D eigenvalue weighted by atomic mass is 35.5. The third kappa shape index (κ3) is 2.76. The molecule has 0 aliphatic carbocycles. The van der Waals surface area contributed by atoms with Crippen molar-refractivity contribution in [3.05, 3.63) is 29.0 Å². The lowest BCUT2D eigenvalue weighted by Crippen LogP contribution is -2.57. The van der Waals surface area contributed by atoms with Crippen LogP contribution in [0, 0.1) is 5.82 Å². The Morgan fingerprint density at radius 2 is 2.11 bits per heavy atom. The summed E-state index contributed by atoms with van der Waals surface area (Å²) in [4.78, 5) is -0.360. The second kappa shape index (κ2) is 5.36. The molecular weight excluding hydrogens is 291 g/mol. The van der Waals surface area contributed by atoms with Gasteiger partial charge in [0.15, 0.2) is 0 Å². The molecule has 0 aromatic heterocycles. The van der Waals surface area contributed by atoms with Crippen LogP contribution in [-0.4, -0.2) is 37.9 Å². The number of piperazine rings is 1. The third-order valence-corrected chi connectivity index (χ3v) is 5.69. The van der Waals surface area contributed by atoms with Crippen LogP contribution in [0.15, 0.2) is 23.1 Å². The number of hydrogen-bond donors (Lipinski definition) is 1. The molecule has 0 saturated carbocycles. The van der Waals surface area contributed by atoms with Gasteiger partial charge in [-0.2, -0.15) is 4.31 Å². The minimum Gasteiger partial charge on any atom is -0.311 e. The first-order valence-corrected chi connectivity index (χ1v) is 7.86.